The first-order chi connectivity index (χ1) is 6.33. The molecule has 13 heavy (non-hydrogen) atoms. The van der Waals surface area contributed by atoms with Crippen LogP contribution in [0.2, 0.25) is 0 Å². The molecule has 0 saturated carbocycles. The van der Waals surface area contributed by atoms with Gasteiger partial charge in [-0.25, -0.2) is 0 Å². The lowest BCUT2D eigenvalue weighted by Crippen LogP contribution is -2.19. The maximum absolute atomic E-state index is 9.25. The fourth-order valence-electron chi connectivity index (χ4n) is 1.08. The second kappa shape index (κ2) is 5.72. The van der Waals surface area contributed by atoms with Crippen LogP contribution in [-0.2, 0) is 6.54 Å². The minimum Gasteiger partial charge on any atom is -0.393 e. The molecule has 0 fully saturated rings. The standard InChI is InChI=1S/C9H17N3O/c1-2-9(13)4-5-10-7-8-3-6-11-12-8/h3,6,9-10,13H,2,4-5,7H2,1H3,(H,11,12). The summed E-state index contributed by atoms with van der Waals surface area (Å²) < 4.78 is 0. The van der Waals surface area contributed by atoms with E-state index in [1.165, 1.54) is 0 Å². The minimum atomic E-state index is -0.172. The predicted molar refractivity (Wildman–Crippen MR) is 51.2 cm³/mol. The summed E-state index contributed by atoms with van der Waals surface area (Å²) in [5, 5.41) is 19.2. The Morgan fingerprint density at radius 1 is 1.69 bits per heavy atom. The third kappa shape index (κ3) is 4.05. The normalized spacial score (nSPS) is 13.1. The second-order valence-electron chi connectivity index (χ2n) is 3.11. The Labute approximate surface area is 78.4 Å². The lowest BCUT2D eigenvalue weighted by molar-refractivity contribution is 0.159. The predicted octanol–water partition coefficient (Wildman–Crippen LogP) is 0.660. The molecule has 1 unspecified atom stereocenters. The van der Waals surface area contributed by atoms with Gasteiger partial charge in [-0.15, -0.1) is 0 Å². The SMILES string of the molecule is CCC(O)CCNCc1ccn[nH]1. The number of hydrogen-bond acceptors (Lipinski definition) is 3. The highest BCUT2D eigenvalue weighted by molar-refractivity contribution is 4.96. The summed E-state index contributed by atoms with van der Waals surface area (Å²) in [6.07, 6.45) is 3.20. The van der Waals surface area contributed by atoms with E-state index in [0.717, 1.165) is 31.6 Å². The molecule has 3 N–H and O–H groups in total. The summed E-state index contributed by atoms with van der Waals surface area (Å²) in [6.45, 7) is 3.62. The van der Waals surface area contributed by atoms with Gasteiger partial charge in [-0.1, -0.05) is 6.92 Å². The van der Waals surface area contributed by atoms with Crippen molar-refractivity contribution in [3.8, 4) is 0 Å². The van der Waals surface area contributed by atoms with Crippen LogP contribution in [-0.4, -0.2) is 28.0 Å². The first-order valence-electron chi connectivity index (χ1n) is 4.70. The summed E-state index contributed by atoms with van der Waals surface area (Å²) in [4.78, 5) is 0. The molecule has 74 valence electrons. The van der Waals surface area contributed by atoms with Gasteiger partial charge in [0.2, 0.25) is 0 Å². The van der Waals surface area contributed by atoms with E-state index in [2.05, 4.69) is 15.5 Å². The number of aromatic nitrogens is 2. The van der Waals surface area contributed by atoms with Crippen molar-refractivity contribution in [1.82, 2.24) is 15.5 Å². The zero-order valence-electron chi connectivity index (χ0n) is 7.95. The maximum atomic E-state index is 9.25. The van der Waals surface area contributed by atoms with Crippen LogP contribution in [0.5, 0.6) is 0 Å². The van der Waals surface area contributed by atoms with Gasteiger partial charge >= 0.3 is 0 Å². The number of nitrogens with one attached hydrogen (secondary N) is 2. The van der Waals surface area contributed by atoms with Gasteiger partial charge < -0.3 is 10.4 Å². The Morgan fingerprint density at radius 2 is 2.54 bits per heavy atom. The van der Waals surface area contributed by atoms with Crippen LogP contribution in [0.15, 0.2) is 12.3 Å². The quantitative estimate of drug-likeness (QED) is 0.568. The van der Waals surface area contributed by atoms with E-state index in [-0.39, 0.29) is 6.10 Å². The van der Waals surface area contributed by atoms with Gasteiger partial charge in [0.25, 0.3) is 0 Å². The van der Waals surface area contributed by atoms with Crippen molar-refractivity contribution in [1.29, 1.82) is 0 Å². The van der Waals surface area contributed by atoms with Crippen molar-refractivity contribution < 1.29 is 5.11 Å². The molecule has 0 amide bonds. The molecule has 0 bridgehead atoms. The molecular weight excluding hydrogens is 166 g/mol. The zero-order valence-corrected chi connectivity index (χ0v) is 7.95. The van der Waals surface area contributed by atoms with Crippen LogP contribution in [0.25, 0.3) is 0 Å². The van der Waals surface area contributed by atoms with Crippen molar-refractivity contribution in [2.45, 2.75) is 32.4 Å². The fraction of sp³-hybridized carbons (Fsp3) is 0.667. The molecule has 1 rings (SSSR count). The average molecular weight is 183 g/mol. The molecule has 1 aromatic heterocycles. The van der Waals surface area contributed by atoms with Crippen LogP contribution in [0.4, 0.5) is 0 Å². The van der Waals surface area contributed by atoms with Crippen LogP contribution >= 0.6 is 0 Å². The number of rotatable bonds is 6. The zero-order chi connectivity index (χ0) is 9.52. The molecule has 1 heterocycles. The van der Waals surface area contributed by atoms with E-state index < -0.39 is 0 Å². The Kier molecular flexibility index (Phi) is 4.49. The van der Waals surface area contributed by atoms with E-state index in [9.17, 15) is 5.11 Å². The minimum absolute atomic E-state index is 0.172. The number of aromatic amines is 1. The third-order valence-electron chi connectivity index (χ3n) is 2.00. The van der Waals surface area contributed by atoms with E-state index in [1.807, 2.05) is 13.0 Å². The van der Waals surface area contributed by atoms with Gasteiger partial charge in [-0.2, -0.15) is 5.10 Å². The summed E-state index contributed by atoms with van der Waals surface area (Å²) in [7, 11) is 0. The number of nitrogens with zero attached hydrogens (tertiary/aromatic N) is 1. The molecule has 0 aliphatic heterocycles. The van der Waals surface area contributed by atoms with Crippen molar-refractivity contribution in [3.05, 3.63) is 18.0 Å². The number of H-pyrrole nitrogens is 1. The molecule has 1 atom stereocenters. The maximum Gasteiger partial charge on any atom is 0.0549 e. The van der Waals surface area contributed by atoms with Gasteiger partial charge in [0.1, 0.15) is 0 Å². The highest BCUT2D eigenvalue weighted by Crippen LogP contribution is 1.95. The Bertz CT molecular complexity index is 211. The molecule has 0 aromatic carbocycles. The molecular formula is C9H17N3O. The summed E-state index contributed by atoms with van der Waals surface area (Å²) in [6, 6.07) is 1.93. The van der Waals surface area contributed by atoms with Crippen LogP contribution < -0.4 is 5.32 Å². The van der Waals surface area contributed by atoms with Gasteiger partial charge in [0.15, 0.2) is 0 Å². The van der Waals surface area contributed by atoms with Crippen molar-refractivity contribution in [2.75, 3.05) is 6.54 Å². The number of aliphatic hydroxyl groups is 1. The van der Waals surface area contributed by atoms with Gasteiger partial charge in [0, 0.05) is 18.4 Å². The first-order valence-corrected chi connectivity index (χ1v) is 4.70. The van der Waals surface area contributed by atoms with Crippen molar-refractivity contribution >= 4 is 0 Å². The van der Waals surface area contributed by atoms with Gasteiger partial charge in [0.05, 0.1) is 6.10 Å². The molecule has 4 heteroatoms. The Hall–Kier alpha value is -0.870. The summed E-state index contributed by atoms with van der Waals surface area (Å²) in [5.41, 5.74) is 1.07. The molecule has 0 radical (unpaired) electrons. The topological polar surface area (TPSA) is 60.9 Å². The lowest BCUT2D eigenvalue weighted by Gasteiger charge is -2.07. The van der Waals surface area contributed by atoms with E-state index in [1.54, 1.807) is 6.20 Å². The number of hydrogen-bond donors (Lipinski definition) is 3. The second-order valence-corrected chi connectivity index (χ2v) is 3.11. The molecule has 0 aliphatic rings. The van der Waals surface area contributed by atoms with Gasteiger partial charge in [-0.3, -0.25) is 5.10 Å². The monoisotopic (exact) mass is 183 g/mol. The molecule has 0 aliphatic carbocycles. The fourth-order valence-corrected chi connectivity index (χ4v) is 1.08. The average Bonchev–Trinajstić information content (AvgIpc) is 2.64. The van der Waals surface area contributed by atoms with Crippen molar-refractivity contribution in [2.24, 2.45) is 0 Å². The number of aliphatic hydroxyl groups excluding tert-OH is 1. The molecule has 4 nitrogen and oxygen atoms in total. The van der Waals surface area contributed by atoms with E-state index >= 15 is 0 Å². The van der Waals surface area contributed by atoms with E-state index in [0.29, 0.717) is 0 Å². The Morgan fingerprint density at radius 3 is 3.15 bits per heavy atom. The highest BCUT2D eigenvalue weighted by atomic mass is 16.3. The summed E-state index contributed by atoms with van der Waals surface area (Å²) in [5.74, 6) is 0. The largest absolute Gasteiger partial charge is 0.393 e. The van der Waals surface area contributed by atoms with Crippen LogP contribution in [0, 0.1) is 0 Å². The summed E-state index contributed by atoms with van der Waals surface area (Å²) >= 11 is 0. The molecule has 0 saturated heterocycles. The third-order valence-corrected chi connectivity index (χ3v) is 2.00. The highest BCUT2D eigenvalue weighted by Gasteiger charge is 1.99. The van der Waals surface area contributed by atoms with E-state index in [4.69, 9.17) is 0 Å². The molecule has 1 aromatic rings. The van der Waals surface area contributed by atoms with Crippen LogP contribution in [0.1, 0.15) is 25.5 Å². The van der Waals surface area contributed by atoms with Gasteiger partial charge in [-0.05, 0) is 25.5 Å². The van der Waals surface area contributed by atoms with Crippen molar-refractivity contribution in [3.63, 3.8) is 0 Å². The first kappa shape index (κ1) is 10.2. The lowest BCUT2D eigenvalue weighted by atomic mass is 10.2. The smallest absolute Gasteiger partial charge is 0.0549 e. The van der Waals surface area contributed by atoms with Crippen LogP contribution in [0.3, 0.4) is 0 Å². The molecule has 0 spiro atoms. The Balaban J connectivity index is 2.02.